The number of amides is 1. The molecule has 1 N–H and O–H groups in total. The van der Waals surface area contributed by atoms with Crippen molar-refractivity contribution in [2.45, 2.75) is 25.8 Å². The minimum absolute atomic E-state index is 0.00958. The fourth-order valence-corrected chi connectivity index (χ4v) is 2.74. The number of carbonyl (C=O) groups is 1. The number of nitrogens with zero attached hydrogens (tertiary/aromatic N) is 1. The Morgan fingerprint density at radius 2 is 1.85 bits per heavy atom. The number of fused-ring (bicyclic) bond motifs is 1. The molecule has 0 saturated heterocycles. The maximum Gasteiger partial charge on any atom is 0.258 e. The number of phenolic OH excluding ortho intramolecular Hbond substituents is 1. The second-order valence-corrected chi connectivity index (χ2v) is 5.24. The van der Waals surface area contributed by atoms with Crippen LogP contribution in [0.1, 0.15) is 29.3 Å². The third kappa shape index (κ3) is 2.16. The summed E-state index contributed by atoms with van der Waals surface area (Å²) < 4.78 is 0. The van der Waals surface area contributed by atoms with Gasteiger partial charge in [-0.3, -0.25) is 4.79 Å². The first-order valence-corrected chi connectivity index (χ1v) is 6.87. The van der Waals surface area contributed by atoms with Gasteiger partial charge in [-0.15, -0.1) is 0 Å². The normalized spacial score (nSPS) is 17.6. The van der Waals surface area contributed by atoms with E-state index in [9.17, 15) is 9.90 Å². The second-order valence-electron chi connectivity index (χ2n) is 5.24. The van der Waals surface area contributed by atoms with Gasteiger partial charge in [0.25, 0.3) is 5.91 Å². The summed E-state index contributed by atoms with van der Waals surface area (Å²) in [5, 5.41) is 9.33. The standard InChI is InChI=1S/C17H17NO2/c1-12-6-7-13-4-2-3-5-16(13)18(12)17(20)14-8-10-15(19)11-9-14/h2-5,8-12,19H,6-7H2,1H3/t12-/m0/s1. The van der Waals surface area contributed by atoms with Crippen molar-refractivity contribution in [1.82, 2.24) is 0 Å². The van der Waals surface area contributed by atoms with Crippen molar-refractivity contribution >= 4 is 11.6 Å². The molecule has 2 aromatic carbocycles. The van der Waals surface area contributed by atoms with Crippen LogP contribution >= 0.6 is 0 Å². The van der Waals surface area contributed by atoms with Crippen molar-refractivity contribution in [2.75, 3.05) is 4.90 Å². The molecule has 1 aliphatic heterocycles. The molecule has 0 bridgehead atoms. The van der Waals surface area contributed by atoms with E-state index in [1.807, 2.05) is 23.1 Å². The van der Waals surface area contributed by atoms with Crippen molar-refractivity contribution in [3.63, 3.8) is 0 Å². The monoisotopic (exact) mass is 267 g/mol. The van der Waals surface area contributed by atoms with Gasteiger partial charge in [0, 0.05) is 17.3 Å². The summed E-state index contributed by atoms with van der Waals surface area (Å²) in [6, 6.07) is 14.7. The van der Waals surface area contributed by atoms with Gasteiger partial charge in [-0.2, -0.15) is 0 Å². The lowest BCUT2D eigenvalue weighted by Crippen LogP contribution is -2.42. The Morgan fingerprint density at radius 3 is 2.60 bits per heavy atom. The van der Waals surface area contributed by atoms with Gasteiger partial charge in [0.15, 0.2) is 0 Å². The molecule has 3 nitrogen and oxygen atoms in total. The van der Waals surface area contributed by atoms with E-state index in [1.165, 1.54) is 5.56 Å². The largest absolute Gasteiger partial charge is 0.508 e. The third-order valence-electron chi connectivity index (χ3n) is 3.86. The minimum atomic E-state index is -0.00958. The van der Waals surface area contributed by atoms with E-state index in [4.69, 9.17) is 0 Å². The lowest BCUT2D eigenvalue weighted by molar-refractivity contribution is 0.0975. The molecule has 102 valence electrons. The minimum Gasteiger partial charge on any atom is -0.508 e. The van der Waals surface area contributed by atoms with E-state index in [0.717, 1.165) is 18.5 Å². The molecule has 0 radical (unpaired) electrons. The fraction of sp³-hybridized carbons (Fsp3) is 0.235. The number of hydrogen-bond acceptors (Lipinski definition) is 2. The third-order valence-corrected chi connectivity index (χ3v) is 3.86. The first kappa shape index (κ1) is 12.7. The van der Waals surface area contributed by atoms with Crippen LogP contribution in [0.3, 0.4) is 0 Å². The van der Waals surface area contributed by atoms with Gasteiger partial charge in [-0.1, -0.05) is 18.2 Å². The molecular formula is C17H17NO2. The summed E-state index contributed by atoms with van der Waals surface area (Å²) in [6.07, 6.45) is 1.98. The van der Waals surface area contributed by atoms with Crippen LogP contribution in [-0.2, 0) is 6.42 Å². The van der Waals surface area contributed by atoms with Gasteiger partial charge < -0.3 is 10.0 Å². The number of anilines is 1. The highest BCUT2D eigenvalue weighted by Gasteiger charge is 2.28. The SMILES string of the molecule is C[C@H]1CCc2ccccc2N1C(=O)c1ccc(O)cc1. The molecule has 1 amide bonds. The van der Waals surface area contributed by atoms with E-state index in [-0.39, 0.29) is 17.7 Å². The molecule has 0 fully saturated rings. The van der Waals surface area contributed by atoms with E-state index >= 15 is 0 Å². The van der Waals surface area contributed by atoms with Crippen LogP contribution in [0.5, 0.6) is 5.75 Å². The average Bonchev–Trinajstić information content (AvgIpc) is 2.47. The molecule has 0 aromatic heterocycles. The maximum atomic E-state index is 12.7. The predicted molar refractivity (Wildman–Crippen MR) is 79.1 cm³/mol. The second kappa shape index (κ2) is 5.00. The fourth-order valence-electron chi connectivity index (χ4n) is 2.74. The van der Waals surface area contributed by atoms with Crippen molar-refractivity contribution < 1.29 is 9.90 Å². The number of hydrogen-bond donors (Lipinski definition) is 1. The summed E-state index contributed by atoms with van der Waals surface area (Å²) in [5.74, 6) is 0.165. The van der Waals surface area contributed by atoms with Gasteiger partial charge in [0.2, 0.25) is 0 Å². The Morgan fingerprint density at radius 1 is 1.15 bits per heavy atom. The lowest BCUT2D eigenvalue weighted by Gasteiger charge is -2.35. The van der Waals surface area contributed by atoms with Crippen LogP contribution in [0.4, 0.5) is 5.69 Å². The highest BCUT2D eigenvalue weighted by molar-refractivity contribution is 6.07. The Balaban J connectivity index is 2.00. The molecular weight excluding hydrogens is 250 g/mol. The van der Waals surface area contributed by atoms with E-state index in [1.54, 1.807) is 24.3 Å². The summed E-state index contributed by atoms with van der Waals surface area (Å²) in [4.78, 5) is 14.6. The van der Waals surface area contributed by atoms with Crippen molar-refractivity contribution in [1.29, 1.82) is 0 Å². The highest BCUT2D eigenvalue weighted by Crippen LogP contribution is 2.31. The quantitative estimate of drug-likeness (QED) is 0.860. The first-order valence-electron chi connectivity index (χ1n) is 6.87. The molecule has 20 heavy (non-hydrogen) atoms. The van der Waals surface area contributed by atoms with Crippen molar-refractivity contribution in [3.05, 3.63) is 59.7 Å². The maximum absolute atomic E-state index is 12.7. The molecule has 0 saturated carbocycles. The summed E-state index contributed by atoms with van der Waals surface area (Å²) in [5.41, 5.74) is 2.83. The van der Waals surface area contributed by atoms with Gasteiger partial charge in [-0.25, -0.2) is 0 Å². The van der Waals surface area contributed by atoms with Crippen LogP contribution < -0.4 is 4.90 Å². The van der Waals surface area contributed by atoms with Crippen LogP contribution in [-0.4, -0.2) is 17.1 Å². The molecule has 3 heteroatoms. The number of rotatable bonds is 1. The Hall–Kier alpha value is -2.29. The number of aromatic hydroxyl groups is 1. The van der Waals surface area contributed by atoms with Crippen molar-refractivity contribution in [3.8, 4) is 5.75 Å². The van der Waals surface area contributed by atoms with Crippen LogP contribution in [0.15, 0.2) is 48.5 Å². The molecule has 0 spiro atoms. The van der Waals surface area contributed by atoms with E-state index in [2.05, 4.69) is 13.0 Å². The Labute approximate surface area is 118 Å². The van der Waals surface area contributed by atoms with Crippen LogP contribution in [0.2, 0.25) is 0 Å². The van der Waals surface area contributed by atoms with Crippen LogP contribution in [0.25, 0.3) is 0 Å². The zero-order valence-electron chi connectivity index (χ0n) is 11.4. The zero-order valence-corrected chi connectivity index (χ0v) is 11.4. The molecule has 1 atom stereocenters. The van der Waals surface area contributed by atoms with E-state index < -0.39 is 0 Å². The Kier molecular flexibility index (Phi) is 3.18. The predicted octanol–water partition coefficient (Wildman–Crippen LogP) is 3.37. The molecule has 1 aliphatic rings. The number of para-hydroxylation sites is 1. The van der Waals surface area contributed by atoms with Gasteiger partial charge >= 0.3 is 0 Å². The first-order chi connectivity index (χ1) is 9.66. The number of carbonyl (C=O) groups excluding carboxylic acids is 1. The highest BCUT2D eigenvalue weighted by atomic mass is 16.3. The number of benzene rings is 2. The van der Waals surface area contributed by atoms with Gasteiger partial charge in [-0.05, 0) is 55.7 Å². The molecule has 2 aromatic rings. The van der Waals surface area contributed by atoms with Crippen LogP contribution in [0, 0.1) is 0 Å². The summed E-state index contributed by atoms with van der Waals surface area (Å²) >= 11 is 0. The van der Waals surface area contributed by atoms with Gasteiger partial charge in [0.1, 0.15) is 5.75 Å². The van der Waals surface area contributed by atoms with E-state index in [0.29, 0.717) is 5.56 Å². The molecule has 3 rings (SSSR count). The number of aryl methyl sites for hydroxylation is 1. The molecule has 1 heterocycles. The van der Waals surface area contributed by atoms with Crippen molar-refractivity contribution in [2.24, 2.45) is 0 Å². The summed E-state index contributed by atoms with van der Waals surface area (Å²) in [6.45, 7) is 2.08. The Bertz CT molecular complexity index is 634. The molecule has 0 aliphatic carbocycles. The van der Waals surface area contributed by atoms with Gasteiger partial charge in [0.05, 0.1) is 0 Å². The molecule has 0 unspecified atom stereocenters. The number of phenols is 1. The zero-order chi connectivity index (χ0) is 14.1. The topological polar surface area (TPSA) is 40.5 Å². The summed E-state index contributed by atoms with van der Waals surface area (Å²) in [7, 11) is 0. The lowest BCUT2D eigenvalue weighted by atomic mass is 9.96. The average molecular weight is 267 g/mol. The smallest absolute Gasteiger partial charge is 0.258 e.